The normalized spacial score (nSPS) is 12.6. The fraction of sp³-hybridized carbons (Fsp3) is 0.800. The largest absolute Gasteiger partial charge is 0.481 e. The zero-order valence-electron chi connectivity index (χ0n) is 8.95. The van der Waals surface area contributed by atoms with Crippen LogP contribution >= 0.6 is 0 Å². The van der Waals surface area contributed by atoms with Crippen molar-refractivity contribution in [3.8, 4) is 0 Å². The van der Waals surface area contributed by atoms with Crippen molar-refractivity contribution >= 4 is 11.9 Å². The molecule has 0 amide bonds. The Balaban J connectivity index is 3.65. The van der Waals surface area contributed by atoms with Gasteiger partial charge in [0.2, 0.25) is 0 Å². The van der Waals surface area contributed by atoms with Crippen molar-refractivity contribution in [2.45, 2.75) is 46.1 Å². The molecule has 0 aliphatic carbocycles. The molecule has 0 aromatic heterocycles. The zero-order chi connectivity index (χ0) is 11.1. The molecule has 0 aromatic rings. The summed E-state index contributed by atoms with van der Waals surface area (Å²) in [5.74, 6) is -0.934. The van der Waals surface area contributed by atoms with Gasteiger partial charge in [-0.05, 0) is 19.3 Å². The van der Waals surface area contributed by atoms with E-state index >= 15 is 0 Å². The Hall–Kier alpha value is -1.06. The second-order valence-corrected chi connectivity index (χ2v) is 3.82. The number of hydrogen-bond donors (Lipinski definition) is 1. The highest BCUT2D eigenvalue weighted by Gasteiger charge is 2.12. The smallest absolute Gasteiger partial charge is 0.306 e. The van der Waals surface area contributed by atoms with Crippen molar-refractivity contribution in [1.29, 1.82) is 0 Å². The summed E-state index contributed by atoms with van der Waals surface area (Å²) in [6.45, 7) is 5.90. The van der Waals surface area contributed by atoms with Gasteiger partial charge >= 0.3 is 11.9 Å². The fourth-order valence-electron chi connectivity index (χ4n) is 1.20. The SMILES string of the molecule is CC(C)C[C@@H](C)OC(=O)CCC(=O)O. The molecular weight excluding hydrogens is 184 g/mol. The van der Waals surface area contributed by atoms with Gasteiger partial charge in [-0.25, -0.2) is 0 Å². The van der Waals surface area contributed by atoms with Crippen LogP contribution in [-0.2, 0) is 14.3 Å². The Morgan fingerprint density at radius 1 is 1.21 bits per heavy atom. The quantitative estimate of drug-likeness (QED) is 0.667. The van der Waals surface area contributed by atoms with Gasteiger partial charge in [-0.15, -0.1) is 0 Å². The van der Waals surface area contributed by atoms with Crippen molar-refractivity contribution in [2.75, 3.05) is 0 Å². The maximum Gasteiger partial charge on any atom is 0.306 e. The summed E-state index contributed by atoms with van der Waals surface area (Å²) in [6, 6.07) is 0. The fourth-order valence-corrected chi connectivity index (χ4v) is 1.20. The number of ether oxygens (including phenoxy) is 1. The molecule has 4 nitrogen and oxygen atoms in total. The second-order valence-electron chi connectivity index (χ2n) is 3.82. The maximum absolute atomic E-state index is 11.1. The molecule has 0 aliphatic rings. The average molecular weight is 202 g/mol. The van der Waals surface area contributed by atoms with Crippen LogP contribution in [0.25, 0.3) is 0 Å². The molecule has 0 fully saturated rings. The van der Waals surface area contributed by atoms with E-state index in [1.807, 2.05) is 20.8 Å². The van der Waals surface area contributed by atoms with Gasteiger partial charge in [0.25, 0.3) is 0 Å². The molecular formula is C10H18O4. The molecule has 0 unspecified atom stereocenters. The van der Waals surface area contributed by atoms with E-state index in [0.717, 1.165) is 6.42 Å². The first-order chi connectivity index (χ1) is 6.41. The Kier molecular flexibility index (Phi) is 5.92. The maximum atomic E-state index is 11.1. The summed E-state index contributed by atoms with van der Waals surface area (Å²) in [4.78, 5) is 21.2. The van der Waals surface area contributed by atoms with Gasteiger partial charge in [0.05, 0.1) is 18.9 Å². The standard InChI is InChI=1S/C10H18O4/c1-7(2)6-8(3)14-10(13)5-4-9(11)12/h7-8H,4-6H2,1-3H3,(H,11,12)/t8-/m1/s1. The summed E-state index contributed by atoms with van der Waals surface area (Å²) < 4.78 is 5.01. The summed E-state index contributed by atoms with van der Waals surface area (Å²) >= 11 is 0. The molecule has 1 atom stereocenters. The Morgan fingerprint density at radius 2 is 1.79 bits per heavy atom. The van der Waals surface area contributed by atoms with Crippen molar-refractivity contribution in [2.24, 2.45) is 5.92 Å². The number of carboxylic acids is 1. The average Bonchev–Trinajstić information content (AvgIpc) is 1.98. The summed E-state index contributed by atoms with van der Waals surface area (Å²) in [5.41, 5.74) is 0. The molecule has 0 bridgehead atoms. The van der Waals surface area contributed by atoms with Gasteiger partial charge in [0.1, 0.15) is 0 Å². The second kappa shape index (κ2) is 6.40. The molecule has 0 rings (SSSR count). The number of carbonyl (C=O) groups is 2. The van der Waals surface area contributed by atoms with Crippen LogP contribution in [0.1, 0.15) is 40.0 Å². The highest BCUT2D eigenvalue weighted by atomic mass is 16.5. The van der Waals surface area contributed by atoms with Gasteiger partial charge in [0, 0.05) is 0 Å². The predicted octanol–water partition coefficient (Wildman–Crippen LogP) is 1.83. The van der Waals surface area contributed by atoms with Crippen molar-refractivity contribution in [3.05, 3.63) is 0 Å². The van der Waals surface area contributed by atoms with Crippen molar-refractivity contribution in [3.63, 3.8) is 0 Å². The minimum Gasteiger partial charge on any atom is -0.481 e. The minimum atomic E-state index is -0.974. The number of carboxylic acid groups (broad SMARTS) is 1. The van der Waals surface area contributed by atoms with Crippen molar-refractivity contribution in [1.82, 2.24) is 0 Å². The minimum absolute atomic E-state index is 0.0439. The molecule has 0 aliphatic heterocycles. The monoisotopic (exact) mass is 202 g/mol. The van der Waals surface area contributed by atoms with Crippen LogP contribution in [0.3, 0.4) is 0 Å². The lowest BCUT2D eigenvalue weighted by Crippen LogP contribution is -2.17. The molecule has 1 N–H and O–H groups in total. The van der Waals surface area contributed by atoms with Crippen LogP contribution < -0.4 is 0 Å². The molecule has 0 aromatic carbocycles. The van der Waals surface area contributed by atoms with Crippen molar-refractivity contribution < 1.29 is 19.4 Å². The third-order valence-corrected chi connectivity index (χ3v) is 1.68. The van der Waals surface area contributed by atoms with Gasteiger partial charge in [-0.3, -0.25) is 9.59 Å². The van der Waals surface area contributed by atoms with E-state index in [0.29, 0.717) is 5.92 Å². The van der Waals surface area contributed by atoms with Crippen LogP contribution in [0, 0.1) is 5.92 Å². The van der Waals surface area contributed by atoms with E-state index in [2.05, 4.69) is 0 Å². The first-order valence-corrected chi connectivity index (χ1v) is 4.83. The molecule has 4 heteroatoms. The van der Waals surface area contributed by atoms with E-state index in [4.69, 9.17) is 9.84 Å². The van der Waals surface area contributed by atoms with Gasteiger partial charge in [-0.1, -0.05) is 13.8 Å². The van der Waals surface area contributed by atoms with Gasteiger partial charge < -0.3 is 9.84 Å². The van der Waals surface area contributed by atoms with E-state index < -0.39 is 11.9 Å². The van der Waals surface area contributed by atoms with Crippen LogP contribution in [0.5, 0.6) is 0 Å². The first-order valence-electron chi connectivity index (χ1n) is 4.83. The number of esters is 1. The molecule has 0 heterocycles. The Bertz CT molecular complexity index is 198. The van der Waals surface area contributed by atoms with E-state index in [9.17, 15) is 9.59 Å². The van der Waals surface area contributed by atoms with E-state index in [-0.39, 0.29) is 18.9 Å². The molecule has 14 heavy (non-hydrogen) atoms. The third kappa shape index (κ3) is 7.58. The summed E-state index contributed by atoms with van der Waals surface area (Å²) in [6.07, 6.45) is 0.473. The van der Waals surface area contributed by atoms with E-state index in [1.54, 1.807) is 0 Å². The summed E-state index contributed by atoms with van der Waals surface area (Å²) in [5, 5.41) is 8.33. The highest BCUT2D eigenvalue weighted by molar-refractivity contribution is 5.76. The molecule has 0 radical (unpaired) electrons. The predicted molar refractivity (Wildman–Crippen MR) is 51.9 cm³/mol. The number of hydrogen-bond acceptors (Lipinski definition) is 3. The van der Waals surface area contributed by atoms with Gasteiger partial charge in [-0.2, -0.15) is 0 Å². The van der Waals surface area contributed by atoms with Crippen LogP contribution in [0.4, 0.5) is 0 Å². The molecule has 0 spiro atoms. The topological polar surface area (TPSA) is 63.6 Å². The van der Waals surface area contributed by atoms with Crippen LogP contribution in [0.2, 0.25) is 0 Å². The van der Waals surface area contributed by atoms with E-state index in [1.165, 1.54) is 0 Å². The lowest BCUT2D eigenvalue weighted by molar-refractivity contribution is -0.151. The number of rotatable bonds is 6. The Labute approximate surface area is 84.3 Å². The molecule has 82 valence electrons. The van der Waals surface area contributed by atoms with Gasteiger partial charge in [0.15, 0.2) is 0 Å². The van der Waals surface area contributed by atoms with Crippen LogP contribution in [0.15, 0.2) is 0 Å². The lowest BCUT2D eigenvalue weighted by atomic mass is 10.1. The molecule has 0 saturated carbocycles. The zero-order valence-corrected chi connectivity index (χ0v) is 8.95. The summed E-state index contributed by atoms with van der Waals surface area (Å²) in [7, 11) is 0. The third-order valence-electron chi connectivity index (χ3n) is 1.68. The first kappa shape index (κ1) is 12.9. The molecule has 0 saturated heterocycles. The number of aliphatic carboxylic acids is 1. The number of carbonyl (C=O) groups excluding carboxylic acids is 1. The van der Waals surface area contributed by atoms with Crippen LogP contribution in [-0.4, -0.2) is 23.1 Å². The Morgan fingerprint density at radius 3 is 2.21 bits per heavy atom. The lowest BCUT2D eigenvalue weighted by Gasteiger charge is -2.14. The highest BCUT2D eigenvalue weighted by Crippen LogP contribution is 2.08.